The Bertz CT molecular complexity index is 1010. The van der Waals surface area contributed by atoms with E-state index in [4.69, 9.17) is 4.74 Å². The molecule has 0 aliphatic rings. The number of thiol groups is 1. The number of rotatable bonds is 7. The summed E-state index contributed by atoms with van der Waals surface area (Å²) in [4.78, 5) is 2.22. The highest BCUT2D eigenvalue weighted by Crippen LogP contribution is 2.43. The Morgan fingerprint density at radius 2 is 1.79 bits per heavy atom. The van der Waals surface area contributed by atoms with Crippen LogP contribution in [0.3, 0.4) is 0 Å². The zero-order valence-electron chi connectivity index (χ0n) is 17.2. The summed E-state index contributed by atoms with van der Waals surface area (Å²) in [5.41, 5.74) is 4.65. The minimum atomic E-state index is -0.0181. The molecule has 3 aromatic rings. The van der Waals surface area contributed by atoms with Crippen molar-refractivity contribution < 1.29 is 14.9 Å². The van der Waals surface area contributed by atoms with Crippen LogP contribution in [0.2, 0.25) is 0 Å². The number of aromatic amines is 1. The number of methoxy groups -OCH3 is 1. The molecule has 0 radical (unpaired) electrons. The third-order valence-electron chi connectivity index (χ3n) is 5.17. The number of aromatic nitrogens is 2. The number of benzene rings is 2. The van der Waals surface area contributed by atoms with Crippen molar-refractivity contribution in [1.82, 2.24) is 10.2 Å². The standard InChI is InChI=1S/C22H27N3O3S/c1-5-13-10-15(18(27)12-17(13)26)21-20(22(29)24-23-21)14-8-9-19(28-4)16(11-14)25(6-2)7-3/h8-12,26-27H,5-7H2,1-4H3,(H2,23,24,29). The first-order valence-corrected chi connectivity index (χ1v) is 10.2. The van der Waals surface area contributed by atoms with Gasteiger partial charge in [0.05, 0.1) is 18.5 Å². The number of aromatic hydroxyl groups is 2. The lowest BCUT2D eigenvalue weighted by Gasteiger charge is -2.24. The molecule has 0 aliphatic carbocycles. The molecule has 0 atom stereocenters. The van der Waals surface area contributed by atoms with Gasteiger partial charge in [-0.3, -0.25) is 5.10 Å². The van der Waals surface area contributed by atoms with Crippen LogP contribution in [-0.4, -0.2) is 40.6 Å². The highest BCUT2D eigenvalue weighted by Gasteiger charge is 2.21. The number of aryl methyl sites for hydroxylation is 1. The molecule has 2 aromatic carbocycles. The smallest absolute Gasteiger partial charge is 0.142 e. The minimum Gasteiger partial charge on any atom is -0.508 e. The second-order valence-electron chi connectivity index (χ2n) is 6.71. The fourth-order valence-electron chi connectivity index (χ4n) is 3.56. The summed E-state index contributed by atoms with van der Waals surface area (Å²) in [6, 6.07) is 9.09. The molecule has 1 aromatic heterocycles. The quantitative estimate of drug-likeness (QED) is 0.416. The molecular weight excluding hydrogens is 386 g/mol. The van der Waals surface area contributed by atoms with E-state index in [2.05, 4.69) is 47.6 Å². The summed E-state index contributed by atoms with van der Waals surface area (Å²) in [7, 11) is 1.66. The van der Waals surface area contributed by atoms with Crippen LogP contribution in [0.1, 0.15) is 26.3 Å². The van der Waals surface area contributed by atoms with Crippen LogP contribution in [0.5, 0.6) is 17.2 Å². The fraction of sp³-hybridized carbons (Fsp3) is 0.318. The highest BCUT2D eigenvalue weighted by molar-refractivity contribution is 7.80. The lowest BCUT2D eigenvalue weighted by Crippen LogP contribution is -2.22. The van der Waals surface area contributed by atoms with Gasteiger partial charge in [-0.2, -0.15) is 5.10 Å². The summed E-state index contributed by atoms with van der Waals surface area (Å²) in [6.45, 7) is 7.85. The van der Waals surface area contributed by atoms with E-state index in [0.717, 1.165) is 41.2 Å². The molecule has 1 heterocycles. The number of phenols is 2. The molecule has 3 N–H and O–H groups in total. The topological polar surface area (TPSA) is 81.6 Å². The molecule has 0 bridgehead atoms. The monoisotopic (exact) mass is 413 g/mol. The molecule has 0 saturated carbocycles. The van der Waals surface area contributed by atoms with Crippen molar-refractivity contribution in [2.75, 3.05) is 25.1 Å². The van der Waals surface area contributed by atoms with Crippen molar-refractivity contribution in [3.05, 3.63) is 35.9 Å². The van der Waals surface area contributed by atoms with E-state index in [1.807, 2.05) is 19.1 Å². The average molecular weight is 414 g/mol. The molecule has 0 aliphatic heterocycles. The predicted octanol–water partition coefficient (Wildman–Crippen LogP) is 4.86. The van der Waals surface area contributed by atoms with E-state index in [1.165, 1.54) is 6.07 Å². The maximum atomic E-state index is 10.5. The molecule has 7 heteroatoms. The largest absolute Gasteiger partial charge is 0.508 e. The Labute approximate surface area is 176 Å². The first kappa shape index (κ1) is 20.9. The molecule has 0 spiro atoms. The number of nitrogens with one attached hydrogen (secondary N) is 1. The van der Waals surface area contributed by atoms with Crippen LogP contribution < -0.4 is 9.64 Å². The number of hydrogen-bond donors (Lipinski definition) is 4. The van der Waals surface area contributed by atoms with Crippen molar-refractivity contribution >= 4 is 18.3 Å². The number of anilines is 1. The van der Waals surface area contributed by atoms with E-state index in [1.54, 1.807) is 13.2 Å². The fourth-order valence-corrected chi connectivity index (χ4v) is 3.85. The van der Waals surface area contributed by atoms with Crippen LogP contribution in [0, 0.1) is 0 Å². The van der Waals surface area contributed by atoms with E-state index in [9.17, 15) is 10.2 Å². The van der Waals surface area contributed by atoms with Gasteiger partial charge in [-0.15, -0.1) is 12.6 Å². The van der Waals surface area contributed by atoms with Crippen LogP contribution >= 0.6 is 12.6 Å². The molecular formula is C22H27N3O3S. The summed E-state index contributed by atoms with van der Waals surface area (Å²) in [5.74, 6) is 0.855. The van der Waals surface area contributed by atoms with Gasteiger partial charge in [0.25, 0.3) is 0 Å². The van der Waals surface area contributed by atoms with Gasteiger partial charge in [0.1, 0.15) is 22.3 Å². The highest BCUT2D eigenvalue weighted by atomic mass is 32.1. The van der Waals surface area contributed by atoms with Crippen molar-refractivity contribution in [1.29, 1.82) is 0 Å². The van der Waals surface area contributed by atoms with Gasteiger partial charge in [0.2, 0.25) is 0 Å². The third-order valence-corrected chi connectivity index (χ3v) is 5.49. The van der Waals surface area contributed by atoms with Gasteiger partial charge in [0.15, 0.2) is 0 Å². The van der Waals surface area contributed by atoms with Gasteiger partial charge in [0, 0.05) is 30.3 Å². The first-order valence-electron chi connectivity index (χ1n) is 9.70. The Morgan fingerprint density at radius 1 is 1.07 bits per heavy atom. The second-order valence-corrected chi connectivity index (χ2v) is 7.13. The lowest BCUT2D eigenvalue weighted by atomic mass is 9.97. The summed E-state index contributed by atoms with van der Waals surface area (Å²) in [6.07, 6.45) is 0.644. The lowest BCUT2D eigenvalue weighted by molar-refractivity contribution is 0.414. The number of nitrogens with zero attached hydrogens (tertiary/aromatic N) is 2. The van der Waals surface area contributed by atoms with Gasteiger partial charge in [-0.25, -0.2) is 0 Å². The van der Waals surface area contributed by atoms with Crippen molar-refractivity contribution in [3.8, 4) is 39.6 Å². The van der Waals surface area contributed by atoms with Gasteiger partial charge < -0.3 is 19.8 Å². The SMILES string of the molecule is CCc1cc(-c2[nH]nc(S)c2-c2ccc(OC)c(N(CC)CC)c2)c(O)cc1O. The van der Waals surface area contributed by atoms with Gasteiger partial charge >= 0.3 is 0 Å². The number of hydrogen-bond acceptors (Lipinski definition) is 6. The summed E-state index contributed by atoms with van der Waals surface area (Å²) < 4.78 is 5.56. The van der Waals surface area contributed by atoms with E-state index >= 15 is 0 Å². The van der Waals surface area contributed by atoms with Crippen LogP contribution in [0.15, 0.2) is 35.4 Å². The van der Waals surface area contributed by atoms with Gasteiger partial charge in [-0.05, 0) is 49.6 Å². The molecule has 0 unspecified atom stereocenters. The third kappa shape index (κ3) is 3.87. The average Bonchev–Trinajstić information content (AvgIpc) is 3.10. The Morgan fingerprint density at radius 3 is 2.41 bits per heavy atom. The summed E-state index contributed by atoms with van der Waals surface area (Å²) in [5, 5.41) is 28.3. The molecule has 0 saturated heterocycles. The Kier molecular flexibility index (Phi) is 6.27. The van der Waals surface area contributed by atoms with E-state index in [-0.39, 0.29) is 11.5 Å². The predicted molar refractivity (Wildman–Crippen MR) is 120 cm³/mol. The molecule has 0 amide bonds. The van der Waals surface area contributed by atoms with Gasteiger partial charge in [-0.1, -0.05) is 13.0 Å². The van der Waals surface area contributed by atoms with E-state index in [0.29, 0.717) is 22.7 Å². The molecule has 154 valence electrons. The van der Waals surface area contributed by atoms with Crippen LogP contribution in [0.4, 0.5) is 5.69 Å². The van der Waals surface area contributed by atoms with Crippen LogP contribution in [0.25, 0.3) is 22.4 Å². The zero-order chi connectivity index (χ0) is 21.1. The molecule has 3 rings (SSSR count). The van der Waals surface area contributed by atoms with Crippen molar-refractivity contribution in [2.24, 2.45) is 0 Å². The Hall–Kier alpha value is -2.80. The normalized spacial score (nSPS) is 10.9. The molecule has 29 heavy (non-hydrogen) atoms. The van der Waals surface area contributed by atoms with Crippen LogP contribution in [-0.2, 0) is 6.42 Å². The Balaban J connectivity index is 2.20. The summed E-state index contributed by atoms with van der Waals surface area (Å²) >= 11 is 4.55. The number of phenolic OH excluding ortho intramolecular Hbond substituents is 2. The maximum Gasteiger partial charge on any atom is 0.142 e. The van der Waals surface area contributed by atoms with E-state index < -0.39 is 0 Å². The number of ether oxygens (including phenoxy) is 1. The molecule has 0 fully saturated rings. The minimum absolute atomic E-state index is 0.0181. The maximum absolute atomic E-state index is 10.5. The number of H-pyrrole nitrogens is 1. The van der Waals surface area contributed by atoms with Crippen molar-refractivity contribution in [2.45, 2.75) is 32.2 Å². The zero-order valence-corrected chi connectivity index (χ0v) is 18.0. The van der Waals surface area contributed by atoms with Crippen molar-refractivity contribution in [3.63, 3.8) is 0 Å². The second kappa shape index (κ2) is 8.69. The molecule has 6 nitrogen and oxygen atoms in total. The first-order chi connectivity index (χ1) is 13.9.